The summed E-state index contributed by atoms with van der Waals surface area (Å²) in [5, 5.41) is 3.29. The standard InChI is InChI=1S/C20H23ClN2O4S/c1-4-23-13(2)9-17(14(23)3)18(24)10-27-20(26)12-28-11-19(25)22-16-7-5-15(21)6-8-16/h5-9H,4,10-12H2,1-3H3,(H,22,25). The van der Waals surface area contributed by atoms with E-state index in [2.05, 4.69) is 5.32 Å². The van der Waals surface area contributed by atoms with Gasteiger partial charge in [0, 0.05) is 34.2 Å². The molecule has 8 heteroatoms. The number of ether oxygens (including phenoxy) is 1. The molecule has 0 saturated heterocycles. The monoisotopic (exact) mass is 422 g/mol. The van der Waals surface area contributed by atoms with Gasteiger partial charge in [0.25, 0.3) is 0 Å². The molecule has 0 aliphatic rings. The lowest BCUT2D eigenvalue weighted by atomic mass is 10.1. The number of aromatic nitrogens is 1. The molecular formula is C20H23ClN2O4S. The molecule has 0 aliphatic heterocycles. The number of halogens is 1. The van der Waals surface area contributed by atoms with Gasteiger partial charge in [-0.1, -0.05) is 11.6 Å². The first kappa shape index (κ1) is 22.0. The Balaban J connectivity index is 1.71. The van der Waals surface area contributed by atoms with Crippen LogP contribution >= 0.6 is 23.4 Å². The minimum absolute atomic E-state index is 0.00466. The summed E-state index contributed by atoms with van der Waals surface area (Å²) < 4.78 is 7.08. The molecule has 6 nitrogen and oxygen atoms in total. The third-order valence-electron chi connectivity index (χ3n) is 4.14. The van der Waals surface area contributed by atoms with Crippen molar-refractivity contribution < 1.29 is 19.1 Å². The molecule has 0 bridgehead atoms. The fourth-order valence-electron chi connectivity index (χ4n) is 2.79. The molecule has 0 atom stereocenters. The number of benzene rings is 1. The number of aryl methyl sites for hydroxylation is 1. The molecule has 1 aromatic carbocycles. The van der Waals surface area contributed by atoms with Crippen LogP contribution in [0.15, 0.2) is 30.3 Å². The first-order chi connectivity index (χ1) is 13.3. The summed E-state index contributed by atoms with van der Waals surface area (Å²) in [4.78, 5) is 36.0. The third kappa shape index (κ3) is 6.14. The second-order valence-corrected chi connectivity index (χ2v) is 7.58. The average Bonchev–Trinajstić information content (AvgIpc) is 2.95. The molecule has 1 heterocycles. The normalized spacial score (nSPS) is 10.6. The summed E-state index contributed by atoms with van der Waals surface area (Å²) in [7, 11) is 0. The molecule has 28 heavy (non-hydrogen) atoms. The van der Waals surface area contributed by atoms with Crippen molar-refractivity contribution in [2.45, 2.75) is 27.3 Å². The van der Waals surface area contributed by atoms with Crippen LogP contribution in [0.3, 0.4) is 0 Å². The van der Waals surface area contributed by atoms with E-state index in [0.717, 1.165) is 29.7 Å². The highest BCUT2D eigenvalue weighted by Crippen LogP contribution is 2.16. The van der Waals surface area contributed by atoms with Crippen LogP contribution in [-0.4, -0.2) is 40.3 Å². The summed E-state index contributed by atoms with van der Waals surface area (Å²) in [6.45, 7) is 6.30. The van der Waals surface area contributed by atoms with Gasteiger partial charge in [0.15, 0.2) is 6.61 Å². The lowest BCUT2D eigenvalue weighted by molar-refractivity contribution is -0.139. The summed E-state index contributed by atoms with van der Waals surface area (Å²) in [5.74, 6) is -0.893. The van der Waals surface area contributed by atoms with E-state index in [1.807, 2.05) is 31.4 Å². The Bertz CT molecular complexity index is 862. The molecule has 1 amide bonds. The SMILES string of the molecule is CCn1c(C)cc(C(=O)COC(=O)CSCC(=O)Nc2ccc(Cl)cc2)c1C. The molecule has 0 saturated carbocycles. The molecule has 2 aromatic rings. The number of ketones is 1. The molecule has 1 N–H and O–H groups in total. The number of carbonyl (C=O) groups excluding carboxylic acids is 3. The summed E-state index contributed by atoms with van der Waals surface area (Å²) in [5.41, 5.74) is 3.07. The van der Waals surface area contributed by atoms with Gasteiger partial charge in [0.05, 0.1) is 11.5 Å². The van der Waals surface area contributed by atoms with Crippen molar-refractivity contribution in [2.24, 2.45) is 0 Å². The minimum Gasteiger partial charge on any atom is -0.457 e. The summed E-state index contributed by atoms with van der Waals surface area (Å²) in [6, 6.07) is 8.55. The van der Waals surface area contributed by atoms with E-state index in [4.69, 9.17) is 16.3 Å². The number of Topliss-reactive ketones (excluding diaryl/α,β-unsaturated/α-hetero) is 1. The van der Waals surface area contributed by atoms with Crippen LogP contribution in [0.25, 0.3) is 0 Å². The van der Waals surface area contributed by atoms with Crippen molar-refractivity contribution >= 4 is 46.7 Å². The van der Waals surface area contributed by atoms with Crippen LogP contribution < -0.4 is 5.32 Å². The summed E-state index contributed by atoms with van der Waals surface area (Å²) in [6.07, 6.45) is 0. The van der Waals surface area contributed by atoms with Gasteiger partial charge in [0.1, 0.15) is 0 Å². The lowest BCUT2D eigenvalue weighted by Crippen LogP contribution is -2.18. The molecule has 0 spiro atoms. The van der Waals surface area contributed by atoms with Crippen LogP contribution in [0.1, 0.15) is 28.7 Å². The third-order valence-corrected chi connectivity index (χ3v) is 5.29. The van der Waals surface area contributed by atoms with Gasteiger partial charge >= 0.3 is 5.97 Å². The smallest absolute Gasteiger partial charge is 0.316 e. The van der Waals surface area contributed by atoms with Crippen molar-refractivity contribution in [3.63, 3.8) is 0 Å². The first-order valence-electron chi connectivity index (χ1n) is 8.80. The van der Waals surface area contributed by atoms with Gasteiger partial charge in [0.2, 0.25) is 11.7 Å². The number of hydrogen-bond acceptors (Lipinski definition) is 5. The van der Waals surface area contributed by atoms with Gasteiger partial charge in [-0.2, -0.15) is 0 Å². The number of thioether (sulfide) groups is 1. The van der Waals surface area contributed by atoms with Crippen LogP contribution in [0.5, 0.6) is 0 Å². The van der Waals surface area contributed by atoms with Crippen molar-refractivity contribution in [1.29, 1.82) is 0 Å². The van der Waals surface area contributed by atoms with E-state index in [-0.39, 0.29) is 29.8 Å². The van der Waals surface area contributed by atoms with Gasteiger partial charge in [-0.05, 0) is 51.1 Å². The Morgan fingerprint density at radius 2 is 1.82 bits per heavy atom. The second-order valence-electron chi connectivity index (χ2n) is 6.16. The van der Waals surface area contributed by atoms with E-state index in [9.17, 15) is 14.4 Å². The van der Waals surface area contributed by atoms with E-state index in [1.165, 1.54) is 0 Å². The van der Waals surface area contributed by atoms with Gasteiger partial charge in [-0.15, -0.1) is 11.8 Å². The predicted molar refractivity (Wildman–Crippen MR) is 112 cm³/mol. The number of carbonyl (C=O) groups is 3. The number of anilines is 1. The number of nitrogens with one attached hydrogen (secondary N) is 1. The molecule has 0 radical (unpaired) electrons. The molecule has 150 valence electrons. The largest absolute Gasteiger partial charge is 0.457 e. The Labute approximate surface area is 173 Å². The maximum atomic E-state index is 12.3. The highest BCUT2D eigenvalue weighted by atomic mass is 35.5. The topological polar surface area (TPSA) is 77.4 Å². The van der Waals surface area contributed by atoms with Gasteiger partial charge in [-0.25, -0.2) is 0 Å². The Hall–Kier alpha value is -2.25. The number of esters is 1. The Morgan fingerprint density at radius 1 is 1.14 bits per heavy atom. The highest BCUT2D eigenvalue weighted by Gasteiger charge is 2.17. The summed E-state index contributed by atoms with van der Waals surface area (Å²) >= 11 is 6.91. The fraction of sp³-hybridized carbons (Fsp3) is 0.350. The predicted octanol–water partition coefficient (Wildman–Crippen LogP) is 3.88. The van der Waals surface area contributed by atoms with E-state index >= 15 is 0 Å². The zero-order valence-electron chi connectivity index (χ0n) is 16.1. The van der Waals surface area contributed by atoms with Gasteiger partial charge < -0.3 is 14.6 Å². The first-order valence-corrected chi connectivity index (χ1v) is 10.3. The quantitative estimate of drug-likeness (QED) is 0.490. The molecule has 1 aromatic heterocycles. The van der Waals surface area contributed by atoms with Crippen LogP contribution in [0, 0.1) is 13.8 Å². The highest BCUT2D eigenvalue weighted by molar-refractivity contribution is 8.00. The zero-order valence-corrected chi connectivity index (χ0v) is 17.7. The number of hydrogen-bond donors (Lipinski definition) is 1. The molecular weight excluding hydrogens is 400 g/mol. The number of rotatable bonds is 9. The van der Waals surface area contributed by atoms with Crippen molar-refractivity contribution in [3.05, 3.63) is 52.3 Å². The van der Waals surface area contributed by atoms with E-state index < -0.39 is 5.97 Å². The van der Waals surface area contributed by atoms with Gasteiger partial charge in [-0.3, -0.25) is 14.4 Å². The number of amides is 1. The maximum Gasteiger partial charge on any atom is 0.316 e. The average molecular weight is 423 g/mol. The molecule has 2 rings (SSSR count). The second kappa shape index (κ2) is 10.3. The Morgan fingerprint density at radius 3 is 2.43 bits per heavy atom. The van der Waals surface area contributed by atoms with Crippen LogP contribution in [-0.2, 0) is 20.9 Å². The van der Waals surface area contributed by atoms with Crippen LogP contribution in [0.4, 0.5) is 5.69 Å². The van der Waals surface area contributed by atoms with Crippen LogP contribution in [0.2, 0.25) is 5.02 Å². The van der Waals surface area contributed by atoms with E-state index in [0.29, 0.717) is 16.3 Å². The van der Waals surface area contributed by atoms with Crippen molar-refractivity contribution in [1.82, 2.24) is 4.57 Å². The van der Waals surface area contributed by atoms with Crippen molar-refractivity contribution in [2.75, 3.05) is 23.4 Å². The Kier molecular flexibility index (Phi) is 8.14. The minimum atomic E-state index is -0.526. The van der Waals surface area contributed by atoms with Crippen molar-refractivity contribution in [3.8, 4) is 0 Å². The number of nitrogens with zero attached hydrogens (tertiary/aromatic N) is 1. The zero-order chi connectivity index (χ0) is 20.7. The molecule has 0 aliphatic carbocycles. The maximum absolute atomic E-state index is 12.3. The molecule has 0 unspecified atom stereocenters. The lowest BCUT2D eigenvalue weighted by Gasteiger charge is -2.07. The molecule has 0 fully saturated rings. The van der Waals surface area contributed by atoms with E-state index in [1.54, 1.807) is 24.3 Å². The fourth-order valence-corrected chi connectivity index (χ4v) is 3.53.